The highest BCUT2D eigenvalue weighted by atomic mass is 16.4. The van der Waals surface area contributed by atoms with Gasteiger partial charge in [-0.3, -0.25) is 4.90 Å². The van der Waals surface area contributed by atoms with Crippen molar-refractivity contribution < 1.29 is 4.42 Å². The number of hydrogen-bond donors (Lipinski definition) is 0. The molecule has 3 aromatic rings. The minimum atomic E-state index is 0.338. The van der Waals surface area contributed by atoms with E-state index in [1.807, 2.05) is 37.4 Å². The van der Waals surface area contributed by atoms with Crippen LogP contribution in [0.5, 0.6) is 0 Å². The van der Waals surface area contributed by atoms with Crippen molar-refractivity contribution in [3.63, 3.8) is 0 Å². The first-order valence-electron chi connectivity index (χ1n) is 7.92. The van der Waals surface area contributed by atoms with Gasteiger partial charge in [-0.2, -0.15) is 0 Å². The van der Waals surface area contributed by atoms with Crippen molar-refractivity contribution in [2.45, 2.75) is 32.7 Å². The van der Waals surface area contributed by atoms with Gasteiger partial charge in [-0.15, -0.1) is 0 Å². The van der Waals surface area contributed by atoms with E-state index in [0.717, 1.165) is 48.1 Å². The fourth-order valence-corrected chi connectivity index (χ4v) is 3.41. The highest BCUT2D eigenvalue weighted by Crippen LogP contribution is 2.34. The minimum absolute atomic E-state index is 0.338. The van der Waals surface area contributed by atoms with Gasteiger partial charge in [0.1, 0.15) is 17.1 Å². The number of furan rings is 1. The quantitative estimate of drug-likeness (QED) is 0.742. The lowest BCUT2D eigenvalue weighted by molar-refractivity contribution is 0.259. The molecule has 0 saturated carbocycles. The second-order valence-electron chi connectivity index (χ2n) is 5.82. The van der Waals surface area contributed by atoms with E-state index in [1.54, 1.807) is 0 Å². The lowest BCUT2D eigenvalue weighted by atomic mass is 10.2. The summed E-state index contributed by atoms with van der Waals surface area (Å²) in [4.78, 5) is 11.9. The van der Waals surface area contributed by atoms with Crippen LogP contribution >= 0.6 is 0 Å². The lowest BCUT2D eigenvalue weighted by Crippen LogP contribution is -2.25. The van der Waals surface area contributed by atoms with E-state index in [2.05, 4.69) is 21.4 Å². The fraction of sp³-hybridized carbons (Fsp3) is 0.412. The SMILES string of the molecule is CCN1CCCC1c1nc2cccnc2n1-c1ccc(C)o1. The highest BCUT2D eigenvalue weighted by Gasteiger charge is 2.30. The van der Waals surface area contributed by atoms with E-state index in [9.17, 15) is 0 Å². The Labute approximate surface area is 129 Å². The summed E-state index contributed by atoms with van der Waals surface area (Å²) in [5.74, 6) is 2.75. The first kappa shape index (κ1) is 13.5. The number of rotatable bonds is 3. The zero-order valence-electron chi connectivity index (χ0n) is 13.0. The zero-order chi connectivity index (χ0) is 15.1. The van der Waals surface area contributed by atoms with Gasteiger partial charge in [-0.1, -0.05) is 6.92 Å². The summed E-state index contributed by atoms with van der Waals surface area (Å²) >= 11 is 0. The second-order valence-corrected chi connectivity index (χ2v) is 5.82. The molecule has 22 heavy (non-hydrogen) atoms. The molecule has 0 aliphatic carbocycles. The minimum Gasteiger partial charge on any atom is -0.445 e. The van der Waals surface area contributed by atoms with Gasteiger partial charge in [-0.25, -0.2) is 14.5 Å². The molecule has 1 aliphatic rings. The maximum Gasteiger partial charge on any atom is 0.206 e. The Bertz CT molecular complexity index is 804. The van der Waals surface area contributed by atoms with E-state index >= 15 is 0 Å². The molecular formula is C17H20N4O. The molecule has 0 bridgehead atoms. The third kappa shape index (κ3) is 2.04. The standard InChI is InChI=1S/C17H20N4O/c1-3-20-11-5-7-14(20)17-19-13-6-4-10-18-16(13)21(17)15-9-8-12(2)22-15/h4,6,8-10,14H,3,5,7,11H2,1-2H3. The van der Waals surface area contributed by atoms with Crippen LogP contribution in [-0.2, 0) is 0 Å². The lowest BCUT2D eigenvalue weighted by Gasteiger charge is -2.22. The number of aryl methyl sites for hydroxylation is 1. The van der Waals surface area contributed by atoms with Gasteiger partial charge in [0.2, 0.25) is 5.88 Å². The Morgan fingerprint density at radius 3 is 3.00 bits per heavy atom. The van der Waals surface area contributed by atoms with Gasteiger partial charge in [-0.05, 0) is 51.1 Å². The van der Waals surface area contributed by atoms with Gasteiger partial charge in [0, 0.05) is 12.3 Å². The van der Waals surface area contributed by atoms with Gasteiger partial charge >= 0.3 is 0 Å². The number of hydrogen-bond acceptors (Lipinski definition) is 4. The summed E-state index contributed by atoms with van der Waals surface area (Å²) < 4.78 is 7.95. The predicted octanol–water partition coefficient (Wildman–Crippen LogP) is 3.48. The maximum absolute atomic E-state index is 5.87. The number of pyridine rings is 1. The fourth-order valence-electron chi connectivity index (χ4n) is 3.41. The maximum atomic E-state index is 5.87. The van der Waals surface area contributed by atoms with E-state index < -0.39 is 0 Å². The Kier molecular flexibility index (Phi) is 3.22. The van der Waals surface area contributed by atoms with Gasteiger partial charge in [0.15, 0.2) is 5.65 Å². The summed E-state index contributed by atoms with van der Waals surface area (Å²) in [6.45, 7) is 6.34. The van der Waals surface area contributed by atoms with Crippen LogP contribution in [0.1, 0.15) is 37.4 Å². The van der Waals surface area contributed by atoms with Crippen LogP contribution in [0.25, 0.3) is 17.0 Å². The topological polar surface area (TPSA) is 47.1 Å². The van der Waals surface area contributed by atoms with Crippen molar-refractivity contribution in [1.82, 2.24) is 19.4 Å². The molecule has 114 valence electrons. The average Bonchev–Trinajstić information content (AvgIpc) is 3.23. The molecule has 1 saturated heterocycles. The normalized spacial score (nSPS) is 19.3. The van der Waals surface area contributed by atoms with Crippen LogP contribution in [0.2, 0.25) is 0 Å². The number of fused-ring (bicyclic) bond motifs is 1. The van der Waals surface area contributed by atoms with Gasteiger partial charge < -0.3 is 4.42 Å². The Morgan fingerprint density at radius 2 is 2.23 bits per heavy atom. The first-order valence-corrected chi connectivity index (χ1v) is 7.92. The molecular weight excluding hydrogens is 276 g/mol. The zero-order valence-corrected chi connectivity index (χ0v) is 13.0. The molecule has 3 aromatic heterocycles. The Hall–Kier alpha value is -2.14. The van der Waals surface area contributed by atoms with Crippen molar-refractivity contribution in [3.05, 3.63) is 42.0 Å². The van der Waals surface area contributed by atoms with Crippen LogP contribution < -0.4 is 0 Å². The molecule has 4 rings (SSSR count). The molecule has 1 unspecified atom stereocenters. The van der Waals surface area contributed by atoms with Crippen molar-refractivity contribution in [2.75, 3.05) is 13.1 Å². The summed E-state index contributed by atoms with van der Waals surface area (Å²) in [6, 6.07) is 8.27. The molecule has 0 amide bonds. The summed E-state index contributed by atoms with van der Waals surface area (Å²) in [6.07, 6.45) is 4.16. The number of nitrogens with zero attached hydrogens (tertiary/aromatic N) is 4. The molecule has 0 radical (unpaired) electrons. The van der Waals surface area contributed by atoms with Crippen LogP contribution in [0.3, 0.4) is 0 Å². The van der Waals surface area contributed by atoms with Crippen molar-refractivity contribution in [2.24, 2.45) is 0 Å². The van der Waals surface area contributed by atoms with Crippen LogP contribution in [0.4, 0.5) is 0 Å². The highest BCUT2D eigenvalue weighted by molar-refractivity contribution is 5.73. The van der Waals surface area contributed by atoms with Crippen LogP contribution in [0, 0.1) is 6.92 Å². The van der Waals surface area contributed by atoms with Gasteiger partial charge in [0.25, 0.3) is 0 Å². The van der Waals surface area contributed by atoms with Crippen molar-refractivity contribution in [1.29, 1.82) is 0 Å². The number of likely N-dealkylation sites (tertiary alicyclic amines) is 1. The van der Waals surface area contributed by atoms with Gasteiger partial charge in [0.05, 0.1) is 6.04 Å². The molecule has 5 nitrogen and oxygen atoms in total. The Morgan fingerprint density at radius 1 is 1.32 bits per heavy atom. The van der Waals surface area contributed by atoms with Crippen molar-refractivity contribution >= 4 is 11.2 Å². The molecule has 0 aromatic carbocycles. The average molecular weight is 296 g/mol. The summed E-state index contributed by atoms with van der Waals surface area (Å²) in [5, 5.41) is 0. The van der Waals surface area contributed by atoms with E-state index in [0.29, 0.717) is 6.04 Å². The third-order valence-corrected chi connectivity index (χ3v) is 4.46. The van der Waals surface area contributed by atoms with Crippen LogP contribution in [0.15, 0.2) is 34.9 Å². The largest absolute Gasteiger partial charge is 0.445 e. The smallest absolute Gasteiger partial charge is 0.206 e. The third-order valence-electron chi connectivity index (χ3n) is 4.46. The summed E-state index contributed by atoms with van der Waals surface area (Å²) in [7, 11) is 0. The van der Waals surface area contributed by atoms with Crippen LogP contribution in [-0.4, -0.2) is 32.5 Å². The first-order chi connectivity index (χ1) is 10.8. The van der Waals surface area contributed by atoms with E-state index in [-0.39, 0.29) is 0 Å². The van der Waals surface area contributed by atoms with Crippen molar-refractivity contribution in [3.8, 4) is 5.88 Å². The number of aromatic nitrogens is 3. The number of imidazole rings is 1. The molecule has 5 heteroatoms. The predicted molar refractivity (Wildman–Crippen MR) is 85.1 cm³/mol. The molecule has 1 aliphatic heterocycles. The molecule has 0 spiro atoms. The van der Waals surface area contributed by atoms with E-state index in [1.165, 1.54) is 6.42 Å². The molecule has 1 atom stereocenters. The molecule has 1 fully saturated rings. The summed E-state index contributed by atoms with van der Waals surface area (Å²) in [5.41, 5.74) is 1.80. The molecule has 4 heterocycles. The second kappa shape index (κ2) is 5.25. The Balaban J connectivity index is 1.94. The molecule has 0 N–H and O–H groups in total. The van der Waals surface area contributed by atoms with E-state index in [4.69, 9.17) is 9.40 Å². The monoisotopic (exact) mass is 296 g/mol.